The molecule has 1 aromatic rings. The van der Waals surface area contributed by atoms with Gasteiger partial charge in [-0.15, -0.1) is 11.8 Å². The van der Waals surface area contributed by atoms with Crippen molar-refractivity contribution in [2.24, 2.45) is 0 Å². The lowest BCUT2D eigenvalue weighted by molar-refractivity contribution is -0.133. The third-order valence-electron chi connectivity index (χ3n) is 6.65. The van der Waals surface area contributed by atoms with Crippen LogP contribution in [0.15, 0.2) is 10.4 Å². The third kappa shape index (κ3) is 6.54. The summed E-state index contributed by atoms with van der Waals surface area (Å²) in [5, 5.41) is 12.3. The number of thiazole rings is 1. The molecule has 2 aliphatic heterocycles. The van der Waals surface area contributed by atoms with Gasteiger partial charge in [0, 0.05) is 38.3 Å². The molecule has 0 bridgehead atoms. The number of nitrogens with zero attached hydrogens (tertiary/aromatic N) is 4. The molecule has 3 fully saturated rings. The maximum absolute atomic E-state index is 13.4. The van der Waals surface area contributed by atoms with Gasteiger partial charge in [-0.05, 0) is 25.7 Å². The Morgan fingerprint density at radius 2 is 1.71 bits per heavy atom. The maximum atomic E-state index is 13.4. The summed E-state index contributed by atoms with van der Waals surface area (Å²) >= 11 is 2.49. The van der Waals surface area contributed by atoms with Crippen LogP contribution in [0.5, 0.6) is 0 Å². The van der Waals surface area contributed by atoms with Gasteiger partial charge in [-0.1, -0.05) is 30.6 Å². The zero-order valence-corrected chi connectivity index (χ0v) is 21.0. The smallest absolute Gasteiger partial charge is 0.324 e. The molecular formula is C22H33N5O5S2. The van der Waals surface area contributed by atoms with E-state index in [0.29, 0.717) is 44.5 Å². The topological polar surface area (TPSA) is 115 Å². The Bertz CT molecular complexity index is 848. The fraction of sp³-hybridized carbons (Fsp3) is 0.727. The lowest BCUT2D eigenvalue weighted by atomic mass is 9.91. The number of likely N-dealkylation sites (tertiary alicyclic amines) is 1. The summed E-state index contributed by atoms with van der Waals surface area (Å²) < 4.78 is 6.12. The van der Waals surface area contributed by atoms with Crippen molar-refractivity contribution in [2.45, 2.75) is 61.2 Å². The first kappa shape index (κ1) is 25.1. The van der Waals surface area contributed by atoms with Crippen LogP contribution < -0.4 is 5.32 Å². The highest BCUT2D eigenvalue weighted by atomic mass is 32.2. The number of ether oxygens (including phenoxy) is 1. The van der Waals surface area contributed by atoms with Gasteiger partial charge in [0.15, 0.2) is 5.13 Å². The van der Waals surface area contributed by atoms with E-state index in [0.717, 1.165) is 42.7 Å². The van der Waals surface area contributed by atoms with Crippen LogP contribution in [0.1, 0.15) is 44.9 Å². The highest BCUT2D eigenvalue weighted by Crippen LogP contribution is 2.31. The maximum Gasteiger partial charge on any atom is 0.324 e. The lowest BCUT2D eigenvalue weighted by Crippen LogP contribution is -2.56. The molecular weight excluding hydrogens is 478 g/mol. The number of carboxylic acid groups (broad SMARTS) is 1. The Balaban J connectivity index is 1.37. The van der Waals surface area contributed by atoms with Crippen molar-refractivity contribution in [3.05, 3.63) is 6.20 Å². The number of thioether (sulfide) groups is 1. The Labute approximate surface area is 208 Å². The molecule has 0 atom stereocenters. The molecule has 1 saturated carbocycles. The summed E-state index contributed by atoms with van der Waals surface area (Å²) in [4.78, 5) is 47.1. The minimum Gasteiger partial charge on any atom is -0.481 e. The molecule has 10 nitrogen and oxygen atoms in total. The Kier molecular flexibility index (Phi) is 8.90. The van der Waals surface area contributed by atoms with Crippen molar-refractivity contribution in [1.29, 1.82) is 0 Å². The molecule has 34 heavy (non-hydrogen) atoms. The summed E-state index contributed by atoms with van der Waals surface area (Å²) in [7, 11) is 0. The number of hydrogen-bond acceptors (Lipinski definition) is 7. The Hall–Kier alpha value is -2.05. The van der Waals surface area contributed by atoms with Crippen LogP contribution in [0.4, 0.5) is 14.7 Å². The Morgan fingerprint density at radius 1 is 1.06 bits per heavy atom. The van der Waals surface area contributed by atoms with E-state index in [1.54, 1.807) is 6.20 Å². The van der Waals surface area contributed by atoms with Gasteiger partial charge in [0.05, 0.1) is 29.4 Å². The lowest BCUT2D eigenvalue weighted by Gasteiger charge is -2.44. The first-order valence-electron chi connectivity index (χ1n) is 12.0. The van der Waals surface area contributed by atoms with Gasteiger partial charge >= 0.3 is 18.0 Å². The second-order valence-electron chi connectivity index (χ2n) is 8.90. The number of hydrogen-bond donors (Lipinski definition) is 2. The van der Waals surface area contributed by atoms with Crippen LogP contribution in [0.2, 0.25) is 0 Å². The van der Waals surface area contributed by atoms with E-state index in [4.69, 9.17) is 9.84 Å². The number of morpholine rings is 1. The largest absolute Gasteiger partial charge is 0.481 e. The van der Waals surface area contributed by atoms with Crippen LogP contribution >= 0.6 is 23.1 Å². The second-order valence-corrected chi connectivity index (χ2v) is 11.2. The number of carbonyl (C=O) groups is 3. The van der Waals surface area contributed by atoms with Crippen molar-refractivity contribution in [3.63, 3.8) is 0 Å². The number of urea groups is 2. The van der Waals surface area contributed by atoms with Gasteiger partial charge < -0.3 is 24.5 Å². The monoisotopic (exact) mass is 511 g/mol. The normalized spacial score (nSPS) is 20.2. The fourth-order valence-electron chi connectivity index (χ4n) is 4.95. The number of aliphatic carboxylic acids is 1. The summed E-state index contributed by atoms with van der Waals surface area (Å²) in [6.45, 7) is 3.73. The van der Waals surface area contributed by atoms with E-state index in [1.807, 2.05) is 14.7 Å². The molecule has 1 aliphatic carbocycles. The average Bonchev–Trinajstić information content (AvgIpc) is 3.31. The van der Waals surface area contributed by atoms with Crippen LogP contribution in [0.25, 0.3) is 0 Å². The molecule has 2 N–H and O–H groups in total. The van der Waals surface area contributed by atoms with E-state index in [1.165, 1.54) is 29.5 Å². The van der Waals surface area contributed by atoms with Crippen molar-refractivity contribution < 1.29 is 24.2 Å². The van der Waals surface area contributed by atoms with Gasteiger partial charge in [0.1, 0.15) is 0 Å². The number of nitrogens with one attached hydrogen (secondary N) is 1. The first-order chi connectivity index (χ1) is 16.5. The molecule has 4 amide bonds. The third-order valence-corrected chi connectivity index (χ3v) is 8.74. The van der Waals surface area contributed by atoms with Gasteiger partial charge in [0.2, 0.25) is 0 Å². The summed E-state index contributed by atoms with van der Waals surface area (Å²) in [5.41, 5.74) is 0. The van der Waals surface area contributed by atoms with Crippen LogP contribution in [-0.2, 0) is 9.53 Å². The molecule has 0 unspecified atom stereocenters. The predicted molar refractivity (Wildman–Crippen MR) is 131 cm³/mol. The van der Waals surface area contributed by atoms with Gasteiger partial charge in [-0.25, -0.2) is 14.6 Å². The quantitative estimate of drug-likeness (QED) is 0.563. The molecule has 2 saturated heterocycles. The van der Waals surface area contributed by atoms with E-state index in [2.05, 4.69) is 10.3 Å². The SMILES string of the molecule is O=C(O)CSc1cnc(NC(=O)N(C2CCCCC2)C2CCN(C(=O)N3CCOCC3)CC2)s1. The zero-order valence-electron chi connectivity index (χ0n) is 19.3. The standard InChI is InChI=1S/C22H33N5O5S2/c28-18(29)15-33-19-14-23-20(34-19)24-21(30)27(16-4-2-1-3-5-16)17-6-8-25(9-7-17)22(31)26-10-12-32-13-11-26/h14,16-17H,1-13,15H2,(H,28,29)(H,23,24,30). The predicted octanol–water partition coefficient (Wildman–Crippen LogP) is 3.40. The van der Waals surface area contributed by atoms with E-state index < -0.39 is 5.97 Å². The summed E-state index contributed by atoms with van der Waals surface area (Å²) in [6.07, 6.45) is 8.57. The van der Waals surface area contributed by atoms with Crippen LogP contribution in [-0.4, -0.2) is 100 Å². The van der Waals surface area contributed by atoms with Crippen molar-refractivity contribution in [1.82, 2.24) is 19.7 Å². The van der Waals surface area contributed by atoms with Crippen molar-refractivity contribution in [3.8, 4) is 0 Å². The van der Waals surface area contributed by atoms with Crippen molar-refractivity contribution >= 4 is 46.3 Å². The Morgan fingerprint density at radius 3 is 2.38 bits per heavy atom. The number of rotatable bonds is 6. The molecule has 4 rings (SSSR count). The number of carbonyl (C=O) groups excluding carboxylic acids is 2. The summed E-state index contributed by atoms with van der Waals surface area (Å²) in [5.74, 6) is -0.920. The molecule has 0 radical (unpaired) electrons. The minimum atomic E-state index is -0.883. The van der Waals surface area contributed by atoms with E-state index in [-0.39, 0.29) is 29.9 Å². The molecule has 0 aromatic carbocycles. The van der Waals surface area contributed by atoms with Crippen LogP contribution in [0.3, 0.4) is 0 Å². The molecule has 3 heterocycles. The van der Waals surface area contributed by atoms with Gasteiger partial charge in [-0.2, -0.15) is 0 Å². The second kappa shape index (κ2) is 12.1. The van der Waals surface area contributed by atoms with Crippen molar-refractivity contribution in [2.75, 3.05) is 50.5 Å². The molecule has 12 heteroatoms. The summed E-state index contributed by atoms with van der Waals surface area (Å²) in [6, 6.07) is 0.206. The highest BCUT2D eigenvalue weighted by Gasteiger charge is 2.36. The highest BCUT2D eigenvalue weighted by molar-refractivity contribution is 8.01. The van der Waals surface area contributed by atoms with E-state index >= 15 is 0 Å². The first-order valence-corrected chi connectivity index (χ1v) is 13.8. The fourth-order valence-corrected chi connectivity index (χ4v) is 6.53. The molecule has 1 aromatic heterocycles. The zero-order chi connectivity index (χ0) is 23.9. The minimum absolute atomic E-state index is 0.0362. The van der Waals surface area contributed by atoms with Gasteiger partial charge in [-0.3, -0.25) is 10.1 Å². The number of anilines is 1. The molecule has 0 spiro atoms. The molecule has 188 valence electrons. The number of piperidine rings is 1. The van der Waals surface area contributed by atoms with Gasteiger partial charge in [0.25, 0.3) is 0 Å². The van der Waals surface area contributed by atoms with Crippen LogP contribution in [0, 0.1) is 0 Å². The number of carboxylic acids is 1. The van der Waals surface area contributed by atoms with E-state index in [9.17, 15) is 14.4 Å². The number of aromatic nitrogens is 1. The average molecular weight is 512 g/mol. The molecule has 3 aliphatic rings. The number of amides is 4.